The summed E-state index contributed by atoms with van der Waals surface area (Å²) >= 11 is 0. The van der Waals surface area contributed by atoms with Gasteiger partial charge in [-0.2, -0.15) is 0 Å². The second kappa shape index (κ2) is 9.82. The van der Waals surface area contributed by atoms with E-state index in [1.54, 1.807) is 19.2 Å². The fraction of sp³-hybridized carbons (Fsp3) is 0.364. The third kappa shape index (κ3) is 7.73. The van der Waals surface area contributed by atoms with E-state index in [4.69, 9.17) is 9.47 Å². The fourth-order valence-electron chi connectivity index (χ4n) is 2.52. The van der Waals surface area contributed by atoms with Crippen molar-refractivity contribution in [3.63, 3.8) is 0 Å². The van der Waals surface area contributed by atoms with Gasteiger partial charge in [-0.1, -0.05) is 24.3 Å². The summed E-state index contributed by atoms with van der Waals surface area (Å²) in [5.74, 6) is 0.772. The number of amides is 3. The van der Waals surface area contributed by atoms with E-state index in [0.29, 0.717) is 12.2 Å². The van der Waals surface area contributed by atoms with Gasteiger partial charge in [-0.3, -0.25) is 0 Å². The van der Waals surface area contributed by atoms with E-state index in [9.17, 15) is 9.59 Å². The minimum Gasteiger partial charge on any atom is -0.497 e. The maximum absolute atomic E-state index is 12.1. The van der Waals surface area contributed by atoms with Crippen molar-refractivity contribution in [3.8, 4) is 5.75 Å². The Kier molecular flexibility index (Phi) is 7.47. The number of hydrogen-bond donors (Lipinski definition) is 3. The van der Waals surface area contributed by atoms with Gasteiger partial charge in [0, 0.05) is 12.2 Å². The standard InChI is InChI=1S/C22H29N3O4/c1-15(24-21(27)29-22(2,3)4)17-8-10-18(11-9-17)25-20(26)23-14-16-6-12-19(28-5)13-7-16/h6-13,15H,14H2,1-5H3,(H,24,27)(H2,23,25,26)/t15-/m0/s1. The molecule has 0 fully saturated rings. The van der Waals surface area contributed by atoms with Crippen molar-refractivity contribution in [2.24, 2.45) is 0 Å². The van der Waals surface area contributed by atoms with Crippen LogP contribution in [0.5, 0.6) is 5.75 Å². The largest absolute Gasteiger partial charge is 0.497 e. The van der Waals surface area contributed by atoms with Crippen molar-refractivity contribution in [1.82, 2.24) is 10.6 Å². The Labute approximate surface area is 171 Å². The maximum atomic E-state index is 12.1. The molecule has 0 saturated carbocycles. The van der Waals surface area contributed by atoms with Crippen molar-refractivity contribution < 1.29 is 19.1 Å². The Morgan fingerprint density at radius 1 is 1.00 bits per heavy atom. The number of nitrogens with one attached hydrogen (secondary N) is 3. The Morgan fingerprint density at radius 3 is 2.17 bits per heavy atom. The van der Waals surface area contributed by atoms with Crippen LogP contribution in [0.25, 0.3) is 0 Å². The van der Waals surface area contributed by atoms with Crippen LogP contribution in [0.15, 0.2) is 48.5 Å². The highest BCUT2D eigenvalue weighted by Crippen LogP contribution is 2.17. The molecular weight excluding hydrogens is 370 g/mol. The van der Waals surface area contributed by atoms with Gasteiger partial charge in [-0.15, -0.1) is 0 Å². The van der Waals surface area contributed by atoms with E-state index in [2.05, 4.69) is 16.0 Å². The first kappa shape index (κ1) is 22.1. The molecule has 2 aromatic carbocycles. The molecule has 0 aliphatic carbocycles. The molecular formula is C22H29N3O4. The molecule has 0 spiro atoms. The average Bonchev–Trinajstić information content (AvgIpc) is 2.65. The third-order valence-corrected chi connectivity index (χ3v) is 4.01. The van der Waals surface area contributed by atoms with Gasteiger partial charge in [-0.05, 0) is 63.1 Å². The summed E-state index contributed by atoms with van der Waals surface area (Å²) in [7, 11) is 1.61. The summed E-state index contributed by atoms with van der Waals surface area (Å²) in [5.41, 5.74) is 1.99. The van der Waals surface area contributed by atoms with Gasteiger partial charge in [0.05, 0.1) is 13.2 Å². The van der Waals surface area contributed by atoms with Gasteiger partial charge in [0.1, 0.15) is 11.4 Å². The highest BCUT2D eigenvalue weighted by molar-refractivity contribution is 5.89. The molecule has 1 atom stereocenters. The van der Waals surface area contributed by atoms with E-state index in [1.165, 1.54) is 0 Å². The van der Waals surface area contributed by atoms with Crippen LogP contribution in [0, 0.1) is 0 Å². The molecule has 0 heterocycles. The number of carbonyl (C=O) groups is 2. The SMILES string of the molecule is COc1ccc(CNC(=O)Nc2ccc([C@H](C)NC(=O)OC(C)(C)C)cc2)cc1. The lowest BCUT2D eigenvalue weighted by molar-refractivity contribution is 0.0508. The van der Waals surface area contributed by atoms with Crippen LogP contribution in [-0.2, 0) is 11.3 Å². The summed E-state index contributed by atoms with van der Waals surface area (Å²) in [6, 6.07) is 14.2. The molecule has 3 N–H and O–H groups in total. The van der Waals surface area contributed by atoms with Gasteiger partial charge in [0.2, 0.25) is 0 Å². The summed E-state index contributed by atoms with van der Waals surface area (Å²) in [6.45, 7) is 7.73. The van der Waals surface area contributed by atoms with Gasteiger partial charge in [-0.25, -0.2) is 9.59 Å². The van der Waals surface area contributed by atoms with Crippen LogP contribution in [-0.4, -0.2) is 24.8 Å². The van der Waals surface area contributed by atoms with Crippen molar-refractivity contribution in [3.05, 3.63) is 59.7 Å². The Bertz CT molecular complexity index is 811. The molecule has 0 aliphatic heterocycles. The van der Waals surface area contributed by atoms with Gasteiger partial charge in [0.25, 0.3) is 0 Å². The van der Waals surface area contributed by atoms with Crippen LogP contribution >= 0.6 is 0 Å². The predicted octanol–water partition coefficient (Wildman–Crippen LogP) is 4.60. The summed E-state index contributed by atoms with van der Waals surface area (Å²) < 4.78 is 10.4. The number of urea groups is 1. The highest BCUT2D eigenvalue weighted by atomic mass is 16.6. The third-order valence-electron chi connectivity index (χ3n) is 4.01. The average molecular weight is 399 g/mol. The Balaban J connectivity index is 1.82. The number of hydrogen-bond acceptors (Lipinski definition) is 4. The minimum atomic E-state index is -0.545. The van der Waals surface area contributed by atoms with E-state index < -0.39 is 11.7 Å². The van der Waals surface area contributed by atoms with E-state index in [-0.39, 0.29) is 12.1 Å². The van der Waals surface area contributed by atoms with Gasteiger partial charge in [0.15, 0.2) is 0 Å². The van der Waals surface area contributed by atoms with E-state index in [0.717, 1.165) is 16.9 Å². The number of alkyl carbamates (subject to hydrolysis) is 1. The molecule has 0 aromatic heterocycles. The van der Waals surface area contributed by atoms with Crippen LogP contribution in [0.3, 0.4) is 0 Å². The van der Waals surface area contributed by atoms with Crippen LogP contribution in [0.4, 0.5) is 15.3 Å². The van der Waals surface area contributed by atoms with Crippen molar-refractivity contribution >= 4 is 17.8 Å². The fourth-order valence-corrected chi connectivity index (χ4v) is 2.52. The second-order valence-electron chi connectivity index (χ2n) is 7.65. The number of carbonyl (C=O) groups excluding carboxylic acids is 2. The van der Waals surface area contributed by atoms with Crippen LogP contribution in [0.2, 0.25) is 0 Å². The quantitative estimate of drug-likeness (QED) is 0.662. The molecule has 0 saturated heterocycles. The normalized spacial score (nSPS) is 11.9. The van der Waals surface area contributed by atoms with Crippen LogP contribution in [0.1, 0.15) is 44.9 Å². The molecule has 3 amide bonds. The van der Waals surface area contributed by atoms with Crippen molar-refractivity contribution in [2.75, 3.05) is 12.4 Å². The van der Waals surface area contributed by atoms with Crippen LogP contribution < -0.4 is 20.7 Å². The number of anilines is 1. The molecule has 7 heteroatoms. The van der Waals surface area contributed by atoms with Gasteiger partial charge < -0.3 is 25.4 Å². The topological polar surface area (TPSA) is 88.7 Å². The van der Waals surface area contributed by atoms with E-state index >= 15 is 0 Å². The minimum absolute atomic E-state index is 0.220. The molecule has 0 radical (unpaired) electrons. The number of ether oxygens (including phenoxy) is 2. The number of rotatable bonds is 6. The Hall–Kier alpha value is -3.22. The van der Waals surface area contributed by atoms with Crippen molar-refractivity contribution in [2.45, 2.75) is 45.9 Å². The predicted molar refractivity (Wildman–Crippen MR) is 113 cm³/mol. The zero-order valence-corrected chi connectivity index (χ0v) is 17.5. The maximum Gasteiger partial charge on any atom is 0.408 e. The molecule has 156 valence electrons. The van der Waals surface area contributed by atoms with E-state index in [1.807, 2.05) is 64.1 Å². The Morgan fingerprint density at radius 2 is 1.62 bits per heavy atom. The molecule has 2 aromatic rings. The molecule has 0 unspecified atom stereocenters. The zero-order valence-electron chi connectivity index (χ0n) is 17.5. The number of benzene rings is 2. The highest BCUT2D eigenvalue weighted by Gasteiger charge is 2.18. The summed E-state index contributed by atoms with van der Waals surface area (Å²) in [5, 5.41) is 8.38. The molecule has 0 bridgehead atoms. The summed E-state index contributed by atoms with van der Waals surface area (Å²) in [4.78, 5) is 24.0. The first-order valence-corrected chi connectivity index (χ1v) is 9.43. The lowest BCUT2D eigenvalue weighted by atomic mass is 10.1. The summed E-state index contributed by atoms with van der Waals surface area (Å²) in [6.07, 6.45) is -0.467. The first-order chi connectivity index (χ1) is 13.7. The lowest BCUT2D eigenvalue weighted by Crippen LogP contribution is -2.34. The second-order valence-corrected chi connectivity index (χ2v) is 7.65. The molecule has 2 rings (SSSR count). The first-order valence-electron chi connectivity index (χ1n) is 9.43. The zero-order chi connectivity index (χ0) is 21.4. The van der Waals surface area contributed by atoms with Crippen molar-refractivity contribution in [1.29, 1.82) is 0 Å². The monoisotopic (exact) mass is 399 g/mol. The molecule has 29 heavy (non-hydrogen) atoms. The van der Waals surface area contributed by atoms with Gasteiger partial charge >= 0.3 is 12.1 Å². The molecule has 0 aliphatic rings. The number of methoxy groups -OCH3 is 1. The lowest BCUT2D eigenvalue weighted by Gasteiger charge is -2.22. The smallest absolute Gasteiger partial charge is 0.408 e. The molecule has 7 nitrogen and oxygen atoms in total.